The fourth-order valence-electron chi connectivity index (χ4n) is 5.48. The van der Waals surface area contributed by atoms with Crippen LogP contribution in [0.15, 0.2) is 89.2 Å². The first-order valence-electron chi connectivity index (χ1n) is 14.3. The zero-order valence-corrected chi connectivity index (χ0v) is 25.1. The van der Waals surface area contributed by atoms with Crippen LogP contribution >= 0.6 is 11.8 Å². The van der Waals surface area contributed by atoms with E-state index in [2.05, 4.69) is 43.6 Å². The first-order valence-corrected chi connectivity index (χ1v) is 15.2. The monoisotopic (exact) mass is 592 g/mol. The van der Waals surface area contributed by atoms with Gasteiger partial charge in [0.2, 0.25) is 5.16 Å². The van der Waals surface area contributed by atoms with Crippen molar-refractivity contribution in [2.75, 3.05) is 12.4 Å². The van der Waals surface area contributed by atoms with E-state index in [1.807, 2.05) is 68.4 Å². The van der Waals surface area contributed by atoms with Gasteiger partial charge in [0, 0.05) is 23.4 Å². The molecule has 0 bridgehead atoms. The first-order chi connectivity index (χ1) is 20.9. The van der Waals surface area contributed by atoms with Gasteiger partial charge in [0.05, 0.1) is 23.7 Å². The van der Waals surface area contributed by atoms with Crippen LogP contribution in [0, 0.1) is 13.8 Å². The molecule has 0 saturated heterocycles. The van der Waals surface area contributed by atoms with E-state index in [1.54, 1.807) is 6.92 Å². The average molecular weight is 593 g/mol. The lowest BCUT2D eigenvalue weighted by molar-refractivity contribution is -0.139. The normalized spacial score (nSPS) is 15.0. The standard InChI is InChI=1S/C33H32N6O3S/c1-4-42-31(40)27-25(34-32(41)35-28(27)24-18-20(2)14-15-21(24)3)19-43-33-36-30-29(37-38-33)23-12-8-9-13-26(23)39(30)17-16-22-10-6-5-7-11-22/h5-15,18,28H,4,16-17,19H2,1-3H3,(H2,34,35,41)/t28-/m1/s1. The molecule has 6 rings (SSSR count). The molecule has 3 aromatic carbocycles. The molecule has 3 heterocycles. The highest BCUT2D eigenvalue weighted by Crippen LogP contribution is 2.33. The number of para-hydroxylation sites is 1. The molecule has 0 radical (unpaired) electrons. The topological polar surface area (TPSA) is 111 Å². The zero-order valence-electron chi connectivity index (χ0n) is 24.3. The lowest BCUT2D eigenvalue weighted by Crippen LogP contribution is -2.46. The summed E-state index contributed by atoms with van der Waals surface area (Å²) in [5, 5.41) is 16.2. The Kier molecular flexibility index (Phi) is 8.11. The van der Waals surface area contributed by atoms with Crippen LogP contribution in [-0.4, -0.2) is 44.1 Å². The van der Waals surface area contributed by atoms with E-state index in [0.717, 1.165) is 51.7 Å². The van der Waals surface area contributed by atoms with E-state index in [-0.39, 0.29) is 18.4 Å². The van der Waals surface area contributed by atoms with Gasteiger partial charge in [-0.1, -0.05) is 84.1 Å². The number of aryl methyl sites for hydroxylation is 4. The molecule has 1 aliphatic heterocycles. The van der Waals surface area contributed by atoms with Crippen molar-refractivity contribution in [1.82, 2.24) is 30.4 Å². The van der Waals surface area contributed by atoms with Gasteiger partial charge in [-0.3, -0.25) is 0 Å². The van der Waals surface area contributed by atoms with Gasteiger partial charge in [0.1, 0.15) is 5.52 Å². The Bertz CT molecular complexity index is 1870. The maximum Gasteiger partial charge on any atom is 0.338 e. The van der Waals surface area contributed by atoms with Gasteiger partial charge in [-0.2, -0.15) is 0 Å². The van der Waals surface area contributed by atoms with Crippen LogP contribution < -0.4 is 10.6 Å². The van der Waals surface area contributed by atoms with Crippen LogP contribution in [0.3, 0.4) is 0 Å². The number of benzene rings is 3. The first kappa shape index (κ1) is 28.4. The quantitative estimate of drug-likeness (QED) is 0.164. The van der Waals surface area contributed by atoms with E-state index >= 15 is 0 Å². The second kappa shape index (κ2) is 12.3. The van der Waals surface area contributed by atoms with E-state index in [0.29, 0.717) is 16.4 Å². The number of rotatable bonds is 9. The molecule has 0 fully saturated rings. The average Bonchev–Trinajstić information content (AvgIpc) is 3.33. The van der Waals surface area contributed by atoms with Crippen molar-refractivity contribution in [3.63, 3.8) is 0 Å². The number of nitrogens with one attached hydrogen (secondary N) is 2. The number of carbonyl (C=O) groups excluding carboxylic acids is 2. The van der Waals surface area contributed by atoms with Crippen LogP contribution in [-0.2, 0) is 22.5 Å². The summed E-state index contributed by atoms with van der Waals surface area (Å²) in [5.74, 6) is -0.229. The molecule has 2 amide bonds. The minimum absolute atomic E-state index is 0.216. The Morgan fingerprint density at radius 1 is 1.02 bits per heavy atom. The Morgan fingerprint density at radius 3 is 2.63 bits per heavy atom. The van der Waals surface area contributed by atoms with Crippen LogP contribution in [0.5, 0.6) is 0 Å². The van der Waals surface area contributed by atoms with Crippen molar-refractivity contribution in [2.45, 2.75) is 44.9 Å². The minimum Gasteiger partial charge on any atom is -0.463 e. The van der Waals surface area contributed by atoms with Crippen molar-refractivity contribution in [1.29, 1.82) is 0 Å². The molecule has 9 nitrogen and oxygen atoms in total. The molecule has 1 atom stereocenters. The highest BCUT2D eigenvalue weighted by atomic mass is 32.2. The molecule has 218 valence electrons. The second-order valence-corrected chi connectivity index (χ2v) is 11.4. The molecule has 1 aliphatic rings. The fourth-order valence-corrected chi connectivity index (χ4v) is 6.24. The lowest BCUT2D eigenvalue weighted by atomic mass is 9.91. The number of thioether (sulfide) groups is 1. The van der Waals surface area contributed by atoms with Gasteiger partial charge in [-0.15, -0.1) is 10.2 Å². The summed E-state index contributed by atoms with van der Waals surface area (Å²) in [6.45, 7) is 6.66. The molecule has 0 saturated carbocycles. The fraction of sp³-hybridized carbons (Fsp3) is 0.242. The van der Waals surface area contributed by atoms with E-state index in [1.165, 1.54) is 17.3 Å². The lowest BCUT2D eigenvalue weighted by Gasteiger charge is -2.30. The maximum atomic E-state index is 13.3. The summed E-state index contributed by atoms with van der Waals surface area (Å²) in [4.78, 5) is 31.0. The number of esters is 1. The Labute approximate surface area is 253 Å². The number of hydrogen-bond donors (Lipinski definition) is 2. The van der Waals surface area contributed by atoms with E-state index < -0.39 is 12.0 Å². The predicted octanol–water partition coefficient (Wildman–Crippen LogP) is 5.80. The molecule has 2 aromatic heterocycles. The smallest absolute Gasteiger partial charge is 0.338 e. The third-order valence-electron chi connectivity index (χ3n) is 7.56. The largest absolute Gasteiger partial charge is 0.463 e. The molecule has 0 unspecified atom stereocenters. The Balaban J connectivity index is 1.35. The maximum absolute atomic E-state index is 13.3. The molecule has 0 spiro atoms. The highest BCUT2D eigenvalue weighted by molar-refractivity contribution is 7.99. The molecule has 2 N–H and O–H groups in total. The van der Waals surface area contributed by atoms with Crippen LogP contribution in [0.2, 0.25) is 0 Å². The predicted molar refractivity (Wildman–Crippen MR) is 168 cm³/mol. The number of amides is 2. The van der Waals surface area contributed by atoms with Crippen molar-refractivity contribution >= 4 is 45.8 Å². The summed E-state index contributed by atoms with van der Waals surface area (Å²) >= 11 is 1.31. The molecular formula is C33H32N6O3S. The van der Waals surface area contributed by atoms with Gasteiger partial charge in [0.15, 0.2) is 5.65 Å². The number of fused-ring (bicyclic) bond motifs is 3. The number of nitrogens with zero attached hydrogens (tertiary/aromatic N) is 4. The Hall–Kier alpha value is -4.70. The van der Waals surface area contributed by atoms with Crippen molar-refractivity contribution in [3.05, 3.63) is 106 Å². The third-order valence-corrected chi connectivity index (χ3v) is 8.43. The molecule has 43 heavy (non-hydrogen) atoms. The van der Waals surface area contributed by atoms with Gasteiger partial charge in [0.25, 0.3) is 0 Å². The van der Waals surface area contributed by atoms with Crippen LogP contribution in [0.1, 0.15) is 35.2 Å². The summed E-state index contributed by atoms with van der Waals surface area (Å²) < 4.78 is 7.63. The van der Waals surface area contributed by atoms with Gasteiger partial charge >= 0.3 is 12.0 Å². The molecular weight excluding hydrogens is 560 g/mol. The van der Waals surface area contributed by atoms with Crippen LogP contribution in [0.4, 0.5) is 4.79 Å². The third kappa shape index (κ3) is 5.83. The SMILES string of the molecule is CCOC(=O)C1=C(CSc2nnc3c4ccccc4n(CCc4ccccc4)c3n2)NC(=O)N[C@@H]1c1cc(C)ccc1C. The molecule has 0 aliphatic carbocycles. The second-order valence-electron chi connectivity index (χ2n) is 10.5. The van der Waals surface area contributed by atoms with E-state index in [4.69, 9.17) is 9.72 Å². The number of aromatic nitrogens is 4. The number of carbonyl (C=O) groups is 2. The summed E-state index contributed by atoms with van der Waals surface area (Å²) in [6, 6.07) is 23.4. The summed E-state index contributed by atoms with van der Waals surface area (Å²) in [6.07, 6.45) is 0.843. The summed E-state index contributed by atoms with van der Waals surface area (Å²) in [7, 11) is 0. The van der Waals surface area contributed by atoms with Crippen molar-refractivity contribution in [3.8, 4) is 0 Å². The van der Waals surface area contributed by atoms with Gasteiger partial charge in [-0.25, -0.2) is 14.6 Å². The number of ether oxygens (including phenoxy) is 1. The Morgan fingerprint density at radius 2 is 1.81 bits per heavy atom. The number of urea groups is 1. The highest BCUT2D eigenvalue weighted by Gasteiger charge is 2.34. The number of hydrogen-bond acceptors (Lipinski definition) is 7. The van der Waals surface area contributed by atoms with Crippen molar-refractivity contribution in [2.24, 2.45) is 0 Å². The van der Waals surface area contributed by atoms with E-state index in [9.17, 15) is 9.59 Å². The zero-order chi connectivity index (χ0) is 29.9. The van der Waals surface area contributed by atoms with Gasteiger partial charge in [-0.05, 0) is 49.9 Å². The van der Waals surface area contributed by atoms with Crippen LogP contribution in [0.25, 0.3) is 22.1 Å². The minimum atomic E-state index is -0.648. The molecule has 5 aromatic rings. The van der Waals surface area contributed by atoms with Gasteiger partial charge < -0.3 is 19.9 Å². The summed E-state index contributed by atoms with van der Waals surface area (Å²) in [5.41, 5.74) is 7.45. The van der Waals surface area contributed by atoms with Crippen molar-refractivity contribution < 1.29 is 14.3 Å². The molecule has 10 heteroatoms.